The Morgan fingerprint density at radius 1 is 1.70 bits per heavy atom. The first-order chi connectivity index (χ1) is 4.88. The maximum Gasteiger partial charge on any atom is 0.120 e. The van der Waals surface area contributed by atoms with Gasteiger partial charge in [-0.15, -0.1) is 0 Å². The van der Waals surface area contributed by atoms with Crippen molar-refractivity contribution in [1.82, 2.24) is 4.57 Å². The van der Waals surface area contributed by atoms with Crippen LogP contribution in [0.1, 0.15) is 5.69 Å². The average molecular weight is 136 g/mol. The van der Waals surface area contributed by atoms with E-state index in [1.54, 1.807) is 22.9 Å². The molecular formula is C7H8N2O. The molecule has 0 fully saturated rings. The highest BCUT2D eigenvalue weighted by Gasteiger charge is 1.95. The van der Waals surface area contributed by atoms with Gasteiger partial charge in [-0.25, -0.2) is 0 Å². The molecule has 0 saturated heterocycles. The third kappa shape index (κ3) is 1.17. The van der Waals surface area contributed by atoms with Crippen LogP contribution < -0.4 is 0 Å². The Bertz CT molecular complexity index is 246. The van der Waals surface area contributed by atoms with Gasteiger partial charge >= 0.3 is 0 Å². The van der Waals surface area contributed by atoms with Gasteiger partial charge in [0.05, 0.1) is 6.61 Å². The molecule has 0 bridgehead atoms. The molecular weight excluding hydrogens is 128 g/mol. The number of nitrogens with zero attached hydrogens (tertiary/aromatic N) is 2. The van der Waals surface area contributed by atoms with Gasteiger partial charge in [-0.05, 0) is 12.1 Å². The molecule has 0 atom stereocenters. The van der Waals surface area contributed by atoms with Crippen LogP contribution in [0, 0.1) is 11.3 Å². The molecule has 1 rings (SSSR count). The van der Waals surface area contributed by atoms with Gasteiger partial charge in [0.1, 0.15) is 11.8 Å². The molecule has 1 heterocycles. The van der Waals surface area contributed by atoms with Crippen LogP contribution >= 0.6 is 0 Å². The number of aromatic nitrogens is 1. The molecule has 1 aromatic heterocycles. The first kappa shape index (κ1) is 6.84. The van der Waals surface area contributed by atoms with Crippen LogP contribution in [0.15, 0.2) is 18.3 Å². The van der Waals surface area contributed by atoms with Crippen molar-refractivity contribution in [1.29, 1.82) is 5.26 Å². The molecule has 0 saturated carbocycles. The quantitative estimate of drug-likeness (QED) is 0.637. The van der Waals surface area contributed by atoms with Gasteiger partial charge in [0, 0.05) is 12.7 Å². The molecule has 0 aliphatic carbocycles. The van der Waals surface area contributed by atoms with Crippen LogP contribution in [0.25, 0.3) is 0 Å². The van der Waals surface area contributed by atoms with Crippen molar-refractivity contribution in [3.05, 3.63) is 24.0 Å². The number of nitriles is 1. The van der Waals surface area contributed by atoms with Crippen molar-refractivity contribution in [2.24, 2.45) is 0 Å². The first-order valence-corrected chi connectivity index (χ1v) is 3.04. The molecule has 0 amide bonds. The van der Waals surface area contributed by atoms with Crippen LogP contribution in [0.5, 0.6) is 0 Å². The van der Waals surface area contributed by atoms with Crippen LogP contribution in [-0.2, 0) is 6.54 Å². The third-order valence-corrected chi connectivity index (χ3v) is 1.28. The predicted octanol–water partition coefficient (Wildman–Crippen LogP) is 0.352. The molecule has 0 radical (unpaired) electrons. The Labute approximate surface area is 59.1 Å². The van der Waals surface area contributed by atoms with Gasteiger partial charge in [-0.3, -0.25) is 0 Å². The molecule has 3 nitrogen and oxygen atoms in total. The zero-order valence-electron chi connectivity index (χ0n) is 5.49. The van der Waals surface area contributed by atoms with Crippen molar-refractivity contribution < 1.29 is 5.11 Å². The fraction of sp³-hybridized carbons (Fsp3) is 0.286. The van der Waals surface area contributed by atoms with Gasteiger partial charge in [0.15, 0.2) is 0 Å². The normalized spacial score (nSPS) is 9.20. The number of aliphatic hydroxyl groups excluding tert-OH is 1. The summed E-state index contributed by atoms with van der Waals surface area (Å²) in [5.74, 6) is 0. The van der Waals surface area contributed by atoms with E-state index in [1.807, 2.05) is 6.07 Å². The second kappa shape index (κ2) is 3.04. The maximum absolute atomic E-state index is 8.53. The van der Waals surface area contributed by atoms with Crippen LogP contribution in [0.4, 0.5) is 0 Å². The minimum atomic E-state index is 0.0728. The smallest absolute Gasteiger partial charge is 0.120 e. The van der Waals surface area contributed by atoms with Gasteiger partial charge in [-0.2, -0.15) is 5.26 Å². The molecule has 1 aromatic rings. The second-order valence-electron chi connectivity index (χ2n) is 1.92. The van der Waals surface area contributed by atoms with Crippen molar-refractivity contribution >= 4 is 0 Å². The average Bonchev–Trinajstić information content (AvgIpc) is 2.36. The number of hydrogen-bond donors (Lipinski definition) is 1. The van der Waals surface area contributed by atoms with E-state index < -0.39 is 0 Å². The zero-order valence-corrected chi connectivity index (χ0v) is 5.49. The summed E-state index contributed by atoms with van der Waals surface area (Å²) in [5.41, 5.74) is 0.592. The van der Waals surface area contributed by atoms with Gasteiger partial charge in [0.2, 0.25) is 0 Å². The van der Waals surface area contributed by atoms with E-state index in [9.17, 15) is 0 Å². The summed E-state index contributed by atoms with van der Waals surface area (Å²) < 4.78 is 1.71. The van der Waals surface area contributed by atoms with Crippen molar-refractivity contribution in [3.8, 4) is 6.07 Å². The van der Waals surface area contributed by atoms with Crippen LogP contribution in [-0.4, -0.2) is 16.3 Å². The van der Waals surface area contributed by atoms with E-state index >= 15 is 0 Å². The number of rotatable bonds is 2. The molecule has 10 heavy (non-hydrogen) atoms. The lowest BCUT2D eigenvalue weighted by Gasteiger charge is -1.98. The molecule has 1 N–H and O–H groups in total. The first-order valence-electron chi connectivity index (χ1n) is 3.04. The Morgan fingerprint density at radius 2 is 2.50 bits per heavy atom. The monoisotopic (exact) mass is 136 g/mol. The van der Waals surface area contributed by atoms with Crippen molar-refractivity contribution in [3.63, 3.8) is 0 Å². The van der Waals surface area contributed by atoms with Gasteiger partial charge in [-0.1, -0.05) is 0 Å². The Kier molecular flexibility index (Phi) is 2.08. The standard InChI is InChI=1S/C7H8N2O/c8-6-7-2-1-3-9(7)4-5-10/h1-3,10H,4-5H2. The van der Waals surface area contributed by atoms with E-state index in [1.165, 1.54) is 0 Å². The zero-order chi connectivity index (χ0) is 7.40. The SMILES string of the molecule is N#Cc1cccn1CCO. The highest BCUT2D eigenvalue weighted by Crippen LogP contribution is 1.98. The highest BCUT2D eigenvalue weighted by molar-refractivity contribution is 5.21. The predicted molar refractivity (Wildman–Crippen MR) is 36.2 cm³/mol. The van der Waals surface area contributed by atoms with Crippen molar-refractivity contribution in [2.45, 2.75) is 6.54 Å². The maximum atomic E-state index is 8.53. The minimum Gasteiger partial charge on any atom is -0.395 e. The molecule has 0 unspecified atom stereocenters. The summed E-state index contributed by atoms with van der Waals surface area (Å²) in [6.45, 7) is 0.569. The molecule has 0 spiro atoms. The van der Waals surface area contributed by atoms with E-state index in [-0.39, 0.29) is 6.61 Å². The fourth-order valence-electron chi connectivity index (χ4n) is 0.818. The molecule has 0 aromatic carbocycles. The largest absolute Gasteiger partial charge is 0.395 e. The summed E-state index contributed by atoms with van der Waals surface area (Å²) in [5, 5.41) is 17.0. The fourth-order valence-corrected chi connectivity index (χ4v) is 0.818. The van der Waals surface area contributed by atoms with Crippen LogP contribution in [0.2, 0.25) is 0 Å². The second-order valence-corrected chi connectivity index (χ2v) is 1.92. The van der Waals surface area contributed by atoms with E-state index in [0.717, 1.165) is 0 Å². The summed E-state index contributed by atoms with van der Waals surface area (Å²) in [4.78, 5) is 0. The summed E-state index contributed by atoms with van der Waals surface area (Å²) >= 11 is 0. The molecule has 52 valence electrons. The lowest BCUT2D eigenvalue weighted by Crippen LogP contribution is -2.02. The third-order valence-electron chi connectivity index (χ3n) is 1.28. The summed E-state index contributed by atoms with van der Waals surface area (Å²) in [6.07, 6.45) is 1.77. The highest BCUT2D eigenvalue weighted by atomic mass is 16.3. The minimum absolute atomic E-state index is 0.0728. The Morgan fingerprint density at radius 3 is 3.10 bits per heavy atom. The molecule has 0 aliphatic rings. The van der Waals surface area contributed by atoms with Crippen LogP contribution in [0.3, 0.4) is 0 Å². The summed E-state index contributed by atoms with van der Waals surface area (Å²) in [7, 11) is 0. The topological polar surface area (TPSA) is 49.0 Å². The Balaban J connectivity index is 2.82. The lowest BCUT2D eigenvalue weighted by atomic mass is 10.5. The van der Waals surface area contributed by atoms with Gasteiger partial charge in [0.25, 0.3) is 0 Å². The van der Waals surface area contributed by atoms with E-state index in [2.05, 4.69) is 0 Å². The van der Waals surface area contributed by atoms with Crippen molar-refractivity contribution in [2.75, 3.05) is 6.61 Å². The van der Waals surface area contributed by atoms with Gasteiger partial charge < -0.3 is 9.67 Å². The Hall–Kier alpha value is -1.27. The number of aliphatic hydroxyl groups is 1. The van der Waals surface area contributed by atoms with E-state index in [0.29, 0.717) is 12.2 Å². The number of hydrogen-bond acceptors (Lipinski definition) is 2. The lowest BCUT2D eigenvalue weighted by molar-refractivity contribution is 0.276. The van der Waals surface area contributed by atoms with E-state index in [4.69, 9.17) is 10.4 Å². The summed E-state index contributed by atoms with van der Waals surface area (Å²) in [6, 6.07) is 5.52. The molecule has 0 aliphatic heterocycles. The molecule has 3 heteroatoms.